The topological polar surface area (TPSA) is 123 Å². The van der Waals surface area contributed by atoms with Crippen molar-refractivity contribution in [2.45, 2.75) is 11.3 Å². The zero-order chi connectivity index (χ0) is 25.7. The number of hydrogen-bond acceptors (Lipinski definition) is 8. The Morgan fingerprint density at radius 2 is 1.53 bits per heavy atom. The first kappa shape index (κ1) is 27.3. The summed E-state index contributed by atoms with van der Waals surface area (Å²) in [5.41, 5.74) is -5.81. The van der Waals surface area contributed by atoms with E-state index in [0.29, 0.717) is 11.3 Å². The monoisotopic (exact) mass is 524 g/mol. The molecule has 2 aromatic rings. The average Bonchev–Trinajstić information content (AvgIpc) is 2.76. The van der Waals surface area contributed by atoms with Gasteiger partial charge in [-0.1, -0.05) is 23.2 Å². The third-order valence-electron chi connectivity index (χ3n) is 4.46. The van der Waals surface area contributed by atoms with Crippen LogP contribution in [0.2, 0.25) is 0 Å². The summed E-state index contributed by atoms with van der Waals surface area (Å²) in [6, 6.07) is 8.74. The third kappa shape index (κ3) is 5.93. The van der Waals surface area contributed by atoms with Crippen LogP contribution in [-0.2, 0) is 36.3 Å². The average molecular weight is 525 g/mol. The highest BCUT2D eigenvalue weighted by Crippen LogP contribution is 2.39. The number of halogens is 3. The smallest absolute Gasteiger partial charge is 0.516 e. The Morgan fingerprint density at radius 1 is 0.971 bits per heavy atom. The molecule has 0 aromatic heterocycles. The molecule has 0 amide bonds. The highest BCUT2D eigenvalue weighted by molar-refractivity contribution is 7.93. The van der Waals surface area contributed by atoms with Crippen molar-refractivity contribution in [2.75, 3.05) is 33.2 Å². The number of ether oxygens (including phenoxy) is 4. The van der Waals surface area contributed by atoms with Crippen LogP contribution in [0.25, 0.3) is 11.5 Å². The number of para-hydroxylation sites is 1. The van der Waals surface area contributed by atoms with Gasteiger partial charge in [0.25, 0.3) is 0 Å². The fourth-order valence-corrected chi connectivity index (χ4v) is 4.07. The Morgan fingerprint density at radius 3 is 2.03 bits per heavy atom. The van der Waals surface area contributed by atoms with Gasteiger partial charge >= 0.3 is 15.5 Å². The highest BCUT2D eigenvalue weighted by Gasteiger charge is 2.46. The van der Waals surface area contributed by atoms with E-state index in [1.807, 2.05) is 0 Å². The van der Waals surface area contributed by atoms with Crippen LogP contribution in [0, 0.1) is 0 Å². The Balaban J connectivity index is 2.85. The molecule has 9 nitrogen and oxygen atoms in total. The molecule has 0 saturated carbocycles. The first-order valence-electron chi connectivity index (χ1n) is 9.22. The van der Waals surface area contributed by atoms with E-state index < -0.39 is 38.1 Å². The molecule has 1 N–H and O–H groups in total. The second-order valence-corrected chi connectivity index (χ2v) is 9.05. The molecular formula is C20H21F3NO8S2-. The summed E-state index contributed by atoms with van der Waals surface area (Å²) >= 11 is -2.70. The van der Waals surface area contributed by atoms with Crippen LogP contribution in [0.4, 0.5) is 18.9 Å². The van der Waals surface area contributed by atoms with Crippen LogP contribution in [0.15, 0.2) is 36.4 Å². The van der Waals surface area contributed by atoms with E-state index in [9.17, 15) is 30.4 Å². The van der Waals surface area contributed by atoms with Crippen LogP contribution >= 0.6 is 0 Å². The van der Waals surface area contributed by atoms with Crippen LogP contribution in [0.3, 0.4) is 0 Å². The SMILES string of the molecule is COC(=C(OC)c1ccccc1OC)c1cc(OC)c(NS(=O)(=O)C(F)(F)F)cc1CS(=O)[O-]. The molecule has 1 atom stereocenters. The zero-order valence-corrected chi connectivity index (χ0v) is 20.0. The van der Waals surface area contributed by atoms with Crippen molar-refractivity contribution in [2.24, 2.45) is 0 Å². The number of nitrogens with one attached hydrogen (secondary N) is 1. The van der Waals surface area contributed by atoms with E-state index in [1.165, 1.54) is 26.1 Å². The standard InChI is InChI=1S/C20H22F3NO8S2/c1-29-16-8-6-5-7-13(16)18(31-3)19(32-4)14-10-17(30-2)15(9-12(14)11-33(25)26)24-34(27,28)20(21,22)23/h5-10,24H,11H2,1-4H3,(H,25,26)/p-1. The normalized spacial score (nSPS) is 13.5. The summed E-state index contributed by atoms with van der Waals surface area (Å²) in [6.45, 7) is 0. The predicted molar refractivity (Wildman–Crippen MR) is 118 cm³/mol. The van der Waals surface area contributed by atoms with E-state index in [1.54, 1.807) is 24.3 Å². The van der Waals surface area contributed by atoms with Gasteiger partial charge in [-0.25, -0.2) is 0 Å². The summed E-state index contributed by atoms with van der Waals surface area (Å²) in [7, 11) is -0.681. The summed E-state index contributed by atoms with van der Waals surface area (Å²) in [5.74, 6) is -0.507. The minimum absolute atomic E-state index is 0.00372. The Bertz CT molecular complexity index is 1200. The molecule has 0 bridgehead atoms. The van der Waals surface area contributed by atoms with Crippen LogP contribution in [0.1, 0.15) is 16.7 Å². The maximum atomic E-state index is 12.9. The molecule has 0 spiro atoms. The number of alkyl halides is 3. The van der Waals surface area contributed by atoms with Crippen molar-refractivity contribution in [1.29, 1.82) is 0 Å². The maximum Gasteiger partial charge on any atom is 0.516 e. The molecule has 0 radical (unpaired) electrons. The minimum Gasteiger partial charge on any atom is -0.772 e. The van der Waals surface area contributed by atoms with Gasteiger partial charge in [-0.15, -0.1) is 0 Å². The van der Waals surface area contributed by atoms with Gasteiger partial charge in [0, 0.05) is 11.3 Å². The van der Waals surface area contributed by atoms with E-state index in [-0.39, 0.29) is 28.4 Å². The van der Waals surface area contributed by atoms with Gasteiger partial charge in [-0.05, 0) is 29.8 Å². The lowest BCUT2D eigenvalue weighted by Crippen LogP contribution is -2.30. The number of hydrogen-bond donors (Lipinski definition) is 1. The first-order chi connectivity index (χ1) is 15.9. The highest BCUT2D eigenvalue weighted by atomic mass is 32.2. The fraction of sp³-hybridized carbons (Fsp3) is 0.300. The minimum atomic E-state index is -5.81. The molecule has 0 fully saturated rings. The van der Waals surface area contributed by atoms with Gasteiger partial charge in [0.05, 0.1) is 39.7 Å². The zero-order valence-electron chi connectivity index (χ0n) is 18.4. The maximum absolute atomic E-state index is 12.9. The van der Waals surface area contributed by atoms with Crippen LogP contribution in [0.5, 0.6) is 11.5 Å². The second-order valence-electron chi connectivity index (χ2n) is 6.48. The van der Waals surface area contributed by atoms with Crippen molar-refractivity contribution in [1.82, 2.24) is 0 Å². The molecule has 0 heterocycles. The fourth-order valence-electron chi connectivity index (χ4n) is 3.02. The van der Waals surface area contributed by atoms with Crippen molar-refractivity contribution >= 4 is 38.3 Å². The van der Waals surface area contributed by atoms with Crippen LogP contribution < -0.4 is 14.2 Å². The Kier molecular flexibility index (Phi) is 8.80. The molecule has 0 aliphatic carbocycles. The number of anilines is 1. The lowest BCUT2D eigenvalue weighted by Gasteiger charge is -2.21. The lowest BCUT2D eigenvalue weighted by atomic mass is 10.0. The molecule has 0 aliphatic heterocycles. The number of benzene rings is 2. The molecule has 2 aromatic carbocycles. The van der Waals surface area contributed by atoms with E-state index >= 15 is 0 Å². The molecule has 2 rings (SSSR count). The lowest BCUT2D eigenvalue weighted by molar-refractivity contribution is -0.0429. The molecule has 14 heteroatoms. The summed E-state index contributed by atoms with van der Waals surface area (Å²) < 4.78 is 108. The molecule has 188 valence electrons. The second kappa shape index (κ2) is 11.0. The van der Waals surface area contributed by atoms with Crippen molar-refractivity contribution in [3.8, 4) is 11.5 Å². The van der Waals surface area contributed by atoms with Crippen molar-refractivity contribution in [3.05, 3.63) is 53.1 Å². The van der Waals surface area contributed by atoms with E-state index in [0.717, 1.165) is 19.2 Å². The van der Waals surface area contributed by atoms with Crippen molar-refractivity contribution < 1.29 is 49.3 Å². The Hall–Kier alpha value is -2.97. The van der Waals surface area contributed by atoms with Gasteiger partial charge < -0.3 is 23.5 Å². The van der Waals surface area contributed by atoms with E-state index in [4.69, 9.17) is 18.9 Å². The first-order valence-corrected chi connectivity index (χ1v) is 11.9. The molecule has 0 aliphatic rings. The molecule has 34 heavy (non-hydrogen) atoms. The number of rotatable bonds is 10. The Labute approximate surface area is 196 Å². The largest absolute Gasteiger partial charge is 0.772 e. The van der Waals surface area contributed by atoms with E-state index in [2.05, 4.69) is 0 Å². The number of sulfonamides is 1. The summed E-state index contributed by atoms with van der Waals surface area (Å²) in [6.07, 6.45) is 0. The van der Waals surface area contributed by atoms with Crippen molar-refractivity contribution in [3.63, 3.8) is 0 Å². The van der Waals surface area contributed by atoms with Crippen LogP contribution in [-0.4, -0.2) is 51.1 Å². The molecule has 1 unspecified atom stereocenters. The summed E-state index contributed by atoms with van der Waals surface area (Å²) in [4.78, 5) is 0. The van der Waals surface area contributed by atoms with Gasteiger partial charge in [-0.3, -0.25) is 8.93 Å². The molecular weight excluding hydrogens is 503 g/mol. The number of methoxy groups -OCH3 is 4. The quantitative estimate of drug-likeness (QED) is 0.285. The summed E-state index contributed by atoms with van der Waals surface area (Å²) in [5, 5.41) is 0. The third-order valence-corrected chi connectivity index (χ3v) is 6.10. The van der Waals surface area contributed by atoms with Gasteiger partial charge in [0.15, 0.2) is 11.5 Å². The van der Waals surface area contributed by atoms with Gasteiger partial charge in [0.1, 0.15) is 11.5 Å². The predicted octanol–water partition coefficient (Wildman–Crippen LogP) is 3.46. The van der Waals surface area contributed by atoms with Gasteiger partial charge in [-0.2, -0.15) is 21.6 Å². The van der Waals surface area contributed by atoms with Gasteiger partial charge in [0.2, 0.25) is 0 Å². The molecule has 0 saturated heterocycles.